The molecule has 7 nitrogen and oxygen atoms in total. The van der Waals surface area contributed by atoms with Crippen LogP contribution in [0.15, 0.2) is 65.7 Å². The number of hydrogen-bond donors (Lipinski definition) is 4. The van der Waals surface area contributed by atoms with Gasteiger partial charge in [0.15, 0.2) is 0 Å². The first kappa shape index (κ1) is 18.0. The summed E-state index contributed by atoms with van der Waals surface area (Å²) in [5.74, 6) is 0.580. The molecule has 4 heterocycles. The molecule has 1 aliphatic heterocycles. The van der Waals surface area contributed by atoms with Crippen molar-refractivity contribution in [3.8, 4) is 22.5 Å². The molecule has 6 rings (SSSR count). The highest BCUT2D eigenvalue weighted by Gasteiger charge is 2.15. The zero-order valence-electron chi connectivity index (χ0n) is 16.9. The number of benzene rings is 2. The predicted octanol–water partition coefficient (Wildman–Crippen LogP) is 3.48. The lowest BCUT2D eigenvalue weighted by atomic mass is 10.0. The number of rotatable bonds is 3. The zero-order chi connectivity index (χ0) is 20.8. The topological polar surface area (TPSA) is 92.6 Å². The number of hydrogen-bond acceptors (Lipinski definition) is 4. The van der Waals surface area contributed by atoms with Crippen LogP contribution in [0.5, 0.6) is 0 Å². The number of nitrogens with one attached hydrogen (secondary N) is 4. The number of imidazole rings is 1. The van der Waals surface area contributed by atoms with E-state index in [1.807, 2.05) is 36.5 Å². The summed E-state index contributed by atoms with van der Waals surface area (Å²) in [5, 5.41) is 4.49. The van der Waals surface area contributed by atoms with Gasteiger partial charge in [0.2, 0.25) is 0 Å². The summed E-state index contributed by atoms with van der Waals surface area (Å²) in [6.45, 7) is 3.93. The number of pyridine rings is 1. The minimum absolute atomic E-state index is 0.161. The Kier molecular flexibility index (Phi) is 4.14. The van der Waals surface area contributed by atoms with E-state index < -0.39 is 0 Å². The van der Waals surface area contributed by atoms with Gasteiger partial charge in [-0.1, -0.05) is 12.1 Å². The van der Waals surface area contributed by atoms with Crippen molar-refractivity contribution < 1.29 is 0 Å². The fourth-order valence-electron chi connectivity index (χ4n) is 4.39. The molecule has 0 bridgehead atoms. The molecule has 154 valence electrons. The standard InChI is InChI=1S/C24H22N6O/c31-24-19(12-15(14-27-24)17-2-1-3-20-18(17)6-7-26-20)23-28-21-5-4-16(13-22(21)29-23)30-10-8-25-9-11-30/h1-7,12-14,25-26H,8-11H2,(H,27,31)(H,28,29). The summed E-state index contributed by atoms with van der Waals surface area (Å²) in [7, 11) is 0. The van der Waals surface area contributed by atoms with Crippen LogP contribution < -0.4 is 15.8 Å². The molecular weight excluding hydrogens is 388 g/mol. The lowest BCUT2D eigenvalue weighted by molar-refractivity contribution is 0.589. The molecule has 0 saturated carbocycles. The van der Waals surface area contributed by atoms with Crippen molar-refractivity contribution in [2.75, 3.05) is 31.1 Å². The molecule has 1 saturated heterocycles. The van der Waals surface area contributed by atoms with Gasteiger partial charge in [-0.3, -0.25) is 4.79 Å². The Morgan fingerprint density at radius 3 is 2.71 bits per heavy atom. The van der Waals surface area contributed by atoms with Crippen LogP contribution in [0.25, 0.3) is 44.5 Å². The molecule has 0 aliphatic carbocycles. The number of nitrogens with zero attached hydrogens (tertiary/aromatic N) is 2. The summed E-state index contributed by atoms with van der Waals surface area (Å²) < 4.78 is 0. The van der Waals surface area contributed by atoms with Gasteiger partial charge in [-0.15, -0.1) is 0 Å². The van der Waals surface area contributed by atoms with Crippen LogP contribution in [0.1, 0.15) is 0 Å². The molecule has 31 heavy (non-hydrogen) atoms. The van der Waals surface area contributed by atoms with Gasteiger partial charge in [-0.2, -0.15) is 0 Å². The highest BCUT2D eigenvalue weighted by molar-refractivity contribution is 5.95. The summed E-state index contributed by atoms with van der Waals surface area (Å²) >= 11 is 0. The van der Waals surface area contributed by atoms with Crippen molar-refractivity contribution >= 4 is 27.6 Å². The number of H-pyrrole nitrogens is 3. The highest BCUT2D eigenvalue weighted by atomic mass is 16.1. The highest BCUT2D eigenvalue weighted by Crippen LogP contribution is 2.30. The maximum Gasteiger partial charge on any atom is 0.259 e. The molecule has 7 heteroatoms. The Labute approximate surface area is 178 Å². The van der Waals surface area contributed by atoms with Crippen LogP contribution in [-0.4, -0.2) is 46.1 Å². The minimum Gasteiger partial charge on any atom is -0.369 e. The van der Waals surface area contributed by atoms with Crippen molar-refractivity contribution in [1.29, 1.82) is 0 Å². The number of aromatic nitrogens is 4. The number of anilines is 1. The molecular formula is C24H22N6O. The maximum atomic E-state index is 12.7. The van der Waals surface area contributed by atoms with E-state index in [0.717, 1.165) is 64.9 Å². The number of fused-ring (bicyclic) bond motifs is 2. The summed E-state index contributed by atoms with van der Waals surface area (Å²) in [6.07, 6.45) is 3.69. The molecule has 0 amide bonds. The molecule has 5 aromatic rings. The average Bonchev–Trinajstić information content (AvgIpc) is 3.46. The molecule has 1 aliphatic rings. The first-order valence-corrected chi connectivity index (χ1v) is 10.5. The predicted molar refractivity (Wildman–Crippen MR) is 125 cm³/mol. The summed E-state index contributed by atoms with van der Waals surface area (Å²) in [5.41, 5.74) is 6.39. The van der Waals surface area contributed by atoms with Crippen LogP contribution >= 0.6 is 0 Å². The smallest absolute Gasteiger partial charge is 0.259 e. The third-order valence-corrected chi connectivity index (χ3v) is 6.01. The lowest BCUT2D eigenvalue weighted by Gasteiger charge is -2.29. The van der Waals surface area contributed by atoms with E-state index in [9.17, 15) is 4.79 Å². The van der Waals surface area contributed by atoms with Crippen molar-refractivity contribution in [1.82, 2.24) is 25.3 Å². The normalized spacial score (nSPS) is 14.5. The minimum atomic E-state index is -0.161. The molecule has 0 unspecified atom stereocenters. The molecule has 2 aromatic carbocycles. The van der Waals surface area contributed by atoms with Crippen molar-refractivity contribution in [2.45, 2.75) is 0 Å². The van der Waals surface area contributed by atoms with Crippen molar-refractivity contribution in [2.24, 2.45) is 0 Å². The quantitative estimate of drug-likeness (QED) is 0.366. The van der Waals surface area contributed by atoms with E-state index >= 15 is 0 Å². The van der Waals surface area contributed by atoms with E-state index in [0.29, 0.717) is 11.4 Å². The molecule has 3 aromatic heterocycles. The Hall–Kier alpha value is -3.84. The fourth-order valence-corrected chi connectivity index (χ4v) is 4.39. The monoisotopic (exact) mass is 410 g/mol. The molecule has 0 atom stereocenters. The molecule has 0 spiro atoms. The van der Waals surface area contributed by atoms with Gasteiger partial charge in [-0.25, -0.2) is 4.98 Å². The third kappa shape index (κ3) is 3.10. The van der Waals surface area contributed by atoms with E-state index in [1.54, 1.807) is 6.20 Å². The van der Waals surface area contributed by atoms with Crippen LogP contribution in [-0.2, 0) is 0 Å². The van der Waals surface area contributed by atoms with Gasteiger partial charge >= 0.3 is 0 Å². The Bertz CT molecular complexity index is 1450. The first-order chi connectivity index (χ1) is 15.3. The lowest BCUT2D eigenvalue weighted by Crippen LogP contribution is -2.43. The summed E-state index contributed by atoms with van der Waals surface area (Å²) in [6, 6.07) is 16.3. The average molecular weight is 410 g/mol. The maximum absolute atomic E-state index is 12.7. The third-order valence-electron chi connectivity index (χ3n) is 6.01. The van der Waals surface area contributed by atoms with Crippen LogP contribution in [0.3, 0.4) is 0 Å². The fraction of sp³-hybridized carbons (Fsp3) is 0.167. The van der Waals surface area contributed by atoms with E-state index in [2.05, 4.69) is 43.4 Å². The SMILES string of the molecule is O=c1[nH]cc(-c2cccc3[nH]ccc23)cc1-c1nc2cc(N3CCNCC3)ccc2[nH]1. The van der Waals surface area contributed by atoms with Gasteiger partial charge in [0.05, 0.1) is 16.6 Å². The van der Waals surface area contributed by atoms with Gasteiger partial charge in [-0.05, 0) is 47.5 Å². The largest absolute Gasteiger partial charge is 0.369 e. The number of piperazine rings is 1. The van der Waals surface area contributed by atoms with Crippen LogP contribution in [0.2, 0.25) is 0 Å². The van der Waals surface area contributed by atoms with Crippen LogP contribution in [0.4, 0.5) is 5.69 Å². The zero-order valence-corrected chi connectivity index (χ0v) is 16.9. The molecule has 0 radical (unpaired) electrons. The molecule has 4 N–H and O–H groups in total. The van der Waals surface area contributed by atoms with Crippen molar-refractivity contribution in [3.63, 3.8) is 0 Å². The van der Waals surface area contributed by atoms with Gasteiger partial charge in [0.25, 0.3) is 5.56 Å². The van der Waals surface area contributed by atoms with E-state index in [4.69, 9.17) is 4.98 Å². The van der Waals surface area contributed by atoms with Crippen LogP contribution in [0, 0.1) is 0 Å². The van der Waals surface area contributed by atoms with E-state index in [1.165, 1.54) is 0 Å². The van der Waals surface area contributed by atoms with E-state index in [-0.39, 0.29) is 5.56 Å². The Balaban J connectivity index is 1.43. The second kappa shape index (κ2) is 7.14. The Morgan fingerprint density at radius 2 is 1.81 bits per heavy atom. The van der Waals surface area contributed by atoms with Gasteiger partial charge < -0.3 is 25.2 Å². The Morgan fingerprint density at radius 1 is 0.903 bits per heavy atom. The molecule has 1 fully saturated rings. The second-order valence-corrected chi connectivity index (χ2v) is 7.90. The summed E-state index contributed by atoms with van der Waals surface area (Å²) in [4.78, 5) is 29.2. The van der Waals surface area contributed by atoms with Crippen molar-refractivity contribution in [3.05, 3.63) is 71.3 Å². The number of aromatic amines is 3. The van der Waals surface area contributed by atoms with Gasteiger partial charge in [0.1, 0.15) is 5.82 Å². The van der Waals surface area contributed by atoms with Gasteiger partial charge in [0, 0.05) is 55.2 Å². The first-order valence-electron chi connectivity index (χ1n) is 10.5. The second-order valence-electron chi connectivity index (χ2n) is 7.90.